The minimum atomic E-state index is -0.932. The number of hydrogen-bond donors (Lipinski definition) is 2. The lowest BCUT2D eigenvalue weighted by molar-refractivity contribution is 0.0141. The topological polar surface area (TPSA) is 63.5 Å². The van der Waals surface area contributed by atoms with Crippen molar-refractivity contribution in [1.29, 1.82) is 0 Å². The van der Waals surface area contributed by atoms with Gasteiger partial charge in [0.05, 0.1) is 12.2 Å². The highest BCUT2D eigenvalue weighted by molar-refractivity contribution is 5.98. The quantitative estimate of drug-likeness (QED) is 0.824. The standard InChI is InChI=1S/C18H26N2O3/c1-13(2)18(3,22)12-19-17(21)16-11-14-7-5-6-8-15(14)20(16)9-10-23-4/h5-8,11,13,22H,9-10,12H2,1-4H3,(H,19,21). The molecule has 0 spiro atoms. The van der Waals surface area contributed by atoms with Crippen LogP contribution in [0.15, 0.2) is 30.3 Å². The number of carbonyl (C=O) groups is 1. The van der Waals surface area contributed by atoms with E-state index in [1.807, 2.05) is 48.7 Å². The molecule has 1 heterocycles. The van der Waals surface area contributed by atoms with Crippen LogP contribution >= 0.6 is 0 Å². The first-order valence-corrected chi connectivity index (χ1v) is 7.94. The summed E-state index contributed by atoms with van der Waals surface area (Å²) in [5.74, 6) is -0.125. The number of hydrogen-bond acceptors (Lipinski definition) is 3. The van der Waals surface area contributed by atoms with E-state index < -0.39 is 5.60 Å². The minimum absolute atomic E-state index is 0.0575. The van der Waals surface area contributed by atoms with Crippen LogP contribution in [0.5, 0.6) is 0 Å². The second-order valence-electron chi connectivity index (χ2n) is 6.43. The summed E-state index contributed by atoms with van der Waals surface area (Å²) < 4.78 is 7.11. The van der Waals surface area contributed by atoms with Crippen molar-refractivity contribution in [3.63, 3.8) is 0 Å². The molecule has 1 aromatic carbocycles. The van der Waals surface area contributed by atoms with Gasteiger partial charge in [0.2, 0.25) is 0 Å². The molecule has 2 aromatic rings. The molecule has 0 saturated carbocycles. The molecular weight excluding hydrogens is 292 g/mol. The number of carbonyl (C=O) groups excluding carboxylic acids is 1. The average molecular weight is 318 g/mol. The van der Waals surface area contributed by atoms with Gasteiger partial charge in [-0.1, -0.05) is 32.0 Å². The van der Waals surface area contributed by atoms with Crippen LogP contribution in [0.25, 0.3) is 10.9 Å². The third-order valence-corrected chi connectivity index (χ3v) is 4.41. The summed E-state index contributed by atoms with van der Waals surface area (Å²) >= 11 is 0. The van der Waals surface area contributed by atoms with Gasteiger partial charge in [-0.05, 0) is 25.0 Å². The molecule has 0 aliphatic heterocycles. The van der Waals surface area contributed by atoms with E-state index in [2.05, 4.69) is 5.32 Å². The van der Waals surface area contributed by atoms with Crippen LogP contribution in [-0.2, 0) is 11.3 Å². The van der Waals surface area contributed by atoms with Crippen molar-refractivity contribution in [2.24, 2.45) is 5.92 Å². The predicted molar refractivity (Wildman–Crippen MR) is 91.6 cm³/mol. The number of nitrogens with one attached hydrogen (secondary N) is 1. The number of fused-ring (bicyclic) bond motifs is 1. The Morgan fingerprint density at radius 2 is 2.09 bits per heavy atom. The largest absolute Gasteiger partial charge is 0.388 e. The van der Waals surface area contributed by atoms with E-state index in [1.165, 1.54) is 0 Å². The normalized spacial score (nSPS) is 14.2. The number of amides is 1. The second-order valence-corrected chi connectivity index (χ2v) is 6.43. The van der Waals surface area contributed by atoms with Gasteiger partial charge >= 0.3 is 0 Å². The average Bonchev–Trinajstić information content (AvgIpc) is 2.89. The van der Waals surface area contributed by atoms with E-state index >= 15 is 0 Å². The maximum atomic E-state index is 12.6. The van der Waals surface area contributed by atoms with Crippen LogP contribution in [0.2, 0.25) is 0 Å². The summed E-state index contributed by atoms with van der Waals surface area (Å²) in [7, 11) is 1.64. The lowest BCUT2D eigenvalue weighted by Crippen LogP contribution is -2.44. The Kier molecular flexibility index (Phi) is 5.44. The number of para-hydroxylation sites is 1. The number of aromatic nitrogens is 1. The van der Waals surface area contributed by atoms with Gasteiger partial charge in [0.15, 0.2) is 0 Å². The molecule has 0 bridgehead atoms. The maximum Gasteiger partial charge on any atom is 0.268 e. The van der Waals surface area contributed by atoms with Crippen LogP contribution in [-0.4, -0.2) is 41.4 Å². The molecule has 2 rings (SSSR count). The highest BCUT2D eigenvalue weighted by Gasteiger charge is 2.26. The first-order valence-electron chi connectivity index (χ1n) is 7.94. The summed E-state index contributed by atoms with van der Waals surface area (Å²) in [6.07, 6.45) is 0. The summed E-state index contributed by atoms with van der Waals surface area (Å²) in [5, 5.41) is 14.2. The minimum Gasteiger partial charge on any atom is -0.388 e. The molecule has 1 unspecified atom stereocenters. The summed E-state index contributed by atoms with van der Waals surface area (Å²) in [6, 6.07) is 9.77. The van der Waals surface area contributed by atoms with E-state index in [9.17, 15) is 9.90 Å². The van der Waals surface area contributed by atoms with E-state index in [1.54, 1.807) is 14.0 Å². The molecule has 0 radical (unpaired) electrons. The Hall–Kier alpha value is -1.85. The Morgan fingerprint density at radius 1 is 1.39 bits per heavy atom. The van der Waals surface area contributed by atoms with Crippen LogP contribution in [0, 0.1) is 5.92 Å². The number of benzene rings is 1. The first kappa shape index (κ1) is 17.5. The van der Waals surface area contributed by atoms with Gasteiger partial charge in [-0.25, -0.2) is 0 Å². The number of aliphatic hydroxyl groups is 1. The fraction of sp³-hybridized carbons (Fsp3) is 0.500. The van der Waals surface area contributed by atoms with Gasteiger partial charge in [0.1, 0.15) is 5.69 Å². The third kappa shape index (κ3) is 3.92. The zero-order chi connectivity index (χ0) is 17.0. The molecule has 1 amide bonds. The molecule has 5 heteroatoms. The summed E-state index contributed by atoms with van der Waals surface area (Å²) in [4.78, 5) is 12.6. The van der Waals surface area contributed by atoms with Crippen LogP contribution in [0.3, 0.4) is 0 Å². The molecule has 0 fully saturated rings. The molecule has 2 N–H and O–H groups in total. The van der Waals surface area contributed by atoms with E-state index in [4.69, 9.17) is 4.74 Å². The molecule has 5 nitrogen and oxygen atoms in total. The van der Waals surface area contributed by atoms with Crippen molar-refractivity contribution in [3.8, 4) is 0 Å². The van der Waals surface area contributed by atoms with Gasteiger partial charge < -0.3 is 19.7 Å². The lowest BCUT2D eigenvalue weighted by Gasteiger charge is -2.27. The van der Waals surface area contributed by atoms with Crippen molar-refractivity contribution in [1.82, 2.24) is 9.88 Å². The fourth-order valence-electron chi connectivity index (χ4n) is 2.38. The molecule has 1 atom stereocenters. The molecule has 23 heavy (non-hydrogen) atoms. The van der Waals surface area contributed by atoms with E-state index in [-0.39, 0.29) is 18.4 Å². The maximum absolute atomic E-state index is 12.6. The number of ether oxygens (including phenoxy) is 1. The molecule has 126 valence electrons. The second kappa shape index (κ2) is 7.15. The lowest BCUT2D eigenvalue weighted by atomic mass is 9.92. The van der Waals surface area contributed by atoms with Crippen LogP contribution < -0.4 is 5.32 Å². The zero-order valence-electron chi connectivity index (χ0n) is 14.3. The monoisotopic (exact) mass is 318 g/mol. The Balaban J connectivity index is 2.25. The molecule has 0 aliphatic carbocycles. The third-order valence-electron chi connectivity index (χ3n) is 4.41. The van der Waals surface area contributed by atoms with E-state index in [0.29, 0.717) is 18.8 Å². The van der Waals surface area contributed by atoms with E-state index in [0.717, 1.165) is 10.9 Å². The fourth-order valence-corrected chi connectivity index (χ4v) is 2.38. The van der Waals surface area contributed by atoms with Crippen LogP contribution in [0.4, 0.5) is 0 Å². The molecule has 0 saturated heterocycles. The van der Waals surface area contributed by atoms with Crippen molar-refractivity contribution in [2.75, 3.05) is 20.3 Å². The zero-order valence-corrected chi connectivity index (χ0v) is 14.3. The molecule has 0 aliphatic rings. The summed E-state index contributed by atoms with van der Waals surface area (Å²) in [5.41, 5.74) is 0.659. The van der Waals surface area contributed by atoms with Crippen molar-refractivity contribution in [2.45, 2.75) is 32.9 Å². The Bertz CT molecular complexity index is 674. The number of methoxy groups -OCH3 is 1. The van der Waals surface area contributed by atoms with Gasteiger partial charge in [0.25, 0.3) is 5.91 Å². The van der Waals surface area contributed by atoms with Crippen molar-refractivity contribution in [3.05, 3.63) is 36.0 Å². The SMILES string of the molecule is COCCn1c(C(=O)NCC(C)(O)C(C)C)cc2ccccc21. The van der Waals surface area contributed by atoms with Gasteiger partial charge in [-0.15, -0.1) is 0 Å². The smallest absolute Gasteiger partial charge is 0.268 e. The Labute approximate surface area is 137 Å². The van der Waals surface area contributed by atoms with Crippen molar-refractivity contribution >= 4 is 16.8 Å². The van der Waals surface area contributed by atoms with Gasteiger partial charge in [0, 0.05) is 31.1 Å². The molecule has 1 aromatic heterocycles. The number of rotatable bonds is 7. The highest BCUT2D eigenvalue weighted by Crippen LogP contribution is 2.20. The Morgan fingerprint density at radius 3 is 2.74 bits per heavy atom. The predicted octanol–water partition coefficient (Wildman–Crippen LogP) is 2.42. The summed E-state index contributed by atoms with van der Waals surface area (Å²) in [6.45, 7) is 6.95. The molecular formula is C18H26N2O3. The van der Waals surface area contributed by atoms with Gasteiger partial charge in [-0.2, -0.15) is 0 Å². The highest BCUT2D eigenvalue weighted by atomic mass is 16.5. The first-order chi connectivity index (χ1) is 10.9. The van der Waals surface area contributed by atoms with Crippen molar-refractivity contribution < 1.29 is 14.6 Å². The van der Waals surface area contributed by atoms with Gasteiger partial charge in [-0.3, -0.25) is 4.79 Å². The number of nitrogens with zero attached hydrogens (tertiary/aromatic N) is 1. The van der Waals surface area contributed by atoms with Crippen LogP contribution in [0.1, 0.15) is 31.3 Å².